The number of nitrogens with one attached hydrogen (secondary N) is 1. The molecule has 0 spiro atoms. The summed E-state index contributed by atoms with van der Waals surface area (Å²) in [5, 5.41) is 3.09. The van der Waals surface area contributed by atoms with E-state index in [0.717, 1.165) is 18.7 Å². The van der Waals surface area contributed by atoms with Crippen molar-refractivity contribution < 1.29 is 4.74 Å². The number of hydrogen-bond donors (Lipinski definition) is 2. The van der Waals surface area contributed by atoms with Crippen LogP contribution in [-0.4, -0.2) is 50.8 Å². The van der Waals surface area contributed by atoms with Gasteiger partial charge in [-0.25, -0.2) is 0 Å². The Kier molecular flexibility index (Phi) is 11.2. The average molecular weight is 420 g/mol. The fraction of sp³-hybridized carbons (Fsp3) is 0.562. The number of aryl methyl sites for hydroxylation is 1. The Morgan fingerprint density at radius 1 is 1.32 bits per heavy atom. The van der Waals surface area contributed by atoms with Crippen molar-refractivity contribution in [2.75, 3.05) is 39.1 Å². The van der Waals surface area contributed by atoms with Crippen LogP contribution in [0.25, 0.3) is 0 Å². The number of guanidine groups is 1. The minimum Gasteiger partial charge on any atom is -0.377 e. The third-order valence-corrected chi connectivity index (χ3v) is 3.09. The molecule has 0 amide bonds. The van der Waals surface area contributed by atoms with E-state index in [1.807, 2.05) is 31.2 Å². The van der Waals surface area contributed by atoms with Gasteiger partial charge in [0.05, 0.1) is 12.6 Å². The summed E-state index contributed by atoms with van der Waals surface area (Å²) < 4.78 is 5.69. The van der Waals surface area contributed by atoms with Gasteiger partial charge in [0, 0.05) is 18.8 Å². The summed E-state index contributed by atoms with van der Waals surface area (Å²) in [6.45, 7) is 6.30. The molecule has 126 valence electrons. The number of nitrogens with two attached hydrogens (primary N) is 1. The smallest absolute Gasteiger partial charge is 0.193 e. The van der Waals surface area contributed by atoms with Gasteiger partial charge in [-0.15, -0.1) is 24.0 Å². The molecule has 0 aliphatic carbocycles. The SMILES string of the molecule is CCOC(CCN(C)C)CN=C(N)Nc1ccc(C)cc1.I. The van der Waals surface area contributed by atoms with Crippen molar-refractivity contribution >= 4 is 35.6 Å². The summed E-state index contributed by atoms with van der Waals surface area (Å²) >= 11 is 0. The molecular formula is C16H29IN4O. The number of hydrogen-bond acceptors (Lipinski definition) is 3. The molecule has 0 radical (unpaired) electrons. The molecule has 0 aliphatic rings. The highest BCUT2D eigenvalue weighted by atomic mass is 127. The summed E-state index contributed by atoms with van der Waals surface area (Å²) in [7, 11) is 4.11. The van der Waals surface area contributed by atoms with E-state index in [4.69, 9.17) is 10.5 Å². The third-order valence-electron chi connectivity index (χ3n) is 3.09. The number of benzene rings is 1. The highest BCUT2D eigenvalue weighted by Gasteiger charge is 2.08. The Balaban J connectivity index is 0.00000441. The van der Waals surface area contributed by atoms with E-state index in [1.165, 1.54) is 5.56 Å². The molecule has 0 aliphatic heterocycles. The largest absolute Gasteiger partial charge is 0.377 e. The zero-order valence-corrected chi connectivity index (χ0v) is 16.3. The topological polar surface area (TPSA) is 62.9 Å². The van der Waals surface area contributed by atoms with E-state index >= 15 is 0 Å². The van der Waals surface area contributed by atoms with Crippen molar-refractivity contribution in [2.45, 2.75) is 26.4 Å². The molecule has 6 heteroatoms. The van der Waals surface area contributed by atoms with Crippen LogP contribution in [0.15, 0.2) is 29.3 Å². The first-order valence-corrected chi connectivity index (χ1v) is 7.41. The summed E-state index contributed by atoms with van der Waals surface area (Å²) in [4.78, 5) is 6.52. The molecular weight excluding hydrogens is 391 g/mol. The molecule has 1 unspecified atom stereocenters. The fourth-order valence-corrected chi connectivity index (χ4v) is 1.89. The molecule has 1 aromatic carbocycles. The Hall–Kier alpha value is -0.860. The molecule has 1 aromatic rings. The van der Waals surface area contributed by atoms with Crippen molar-refractivity contribution in [3.63, 3.8) is 0 Å². The lowest BCUT2D eigenvalue weighted by Gasteiger charge is -2.18. The maximum absolute atomic E-state index is 5.92. The van der Waals surface area contributed by atoms with Gasteiger partial charge in [0.1, 0.15) is 0 Å². The van der Waals surface area contributed by atoms with Crippen molar-refractivity contribution in [3.05, 3.63) is 29.8 Å². The summed E-state index contributed by atoms with van der Waals surface area (Å²) in [5.74, 6) is 0.424. The lowest BCUT2D eigenvalue weighted by atomic mass is 10.2. The second-order valence-electron chi connectivity index (χ2n) is 5.39. The van der Waals surface area contributed by atoms with Crippen LogP contribution in [0.5, 0.6) is 0 Å². The predicted molar refractivity (Wildman–Crippen MR) is 105 cm³/mol. The molecule has 0 saturated carbocycles. The molecule has 1 atom stereocenters. The van der Waals surface area contributed by atoms with Crippen molar-refractivity contribution in [1.29, 1.82) is 0 Å². The van der Waals surface area contributed by atoms with Crippen LogP contribution in [-0.2, 0) is 4.74 Å². The van der Waals surface area contributed by atoms with Crippen LogP contribution in [0.3, 0.4) is 0 Å². The number of aliphatic imine (C=N–C) groups is 1. The zero-order valence-electron chi connectivity index (χ0n) is 14.0. The Morgan fingerprint density at radius 2 is 1.95 bits per heavy atom. The van der Waals surface area contributed by atoms with Gasteiger partial charge in [0.15, 0.2) is 5.96 Å². The first kappa shape index (κ1) is 21.1. The van der Waals surface area contributed by atoms with Crippen LogP contribution in [0.2, 0.25) is 0 Å². The van der Waals surface area contributed by atoms with Gasteiger partial charge < -0.3 is 20.7 Å². The third kappa shape index (κ3) is 9.22. The molecule has 0 fully saturated rings. The van der Waals surface area contributed by atoms with Crippen LogP contribution in [0, 0.1) is 6.92 Å². The minimum atomic E-state index is 0. The minimum absolute atomic E-state index is 0. The first-order chi connectivity index (χ1) is 10.0. The van der Waals surface area contributed by atoms with Gasteiger partial charge in [-0.05, 0) is 46.5 Å². The van der Waals surface area contributed by atoms with Crippen molar-refractivity contribution in [3.8, 4) is 0 Å². The van der Waals surface area contributed by atoms with E-state index in [-0.39, 0.29) is 30.1 Å². The molecule has 0 bridgehead atoms. The summed E-state index contributed by atoms with van der Waals surface area (Å²) in [5.41, 5.74) is 8.08. The van der Waals surface area contributed by atoms with Gasteiger partial charge in [0.2, 0.25) is 0 Å². The van der Waals surface area contributed by atoms with Crippen molar-refractivity contribution in [2.24, 2.45) is 10.7 Å². The standard InChI is InChI=1S/C16H28N4O.HI/c1-5-21-15(10-11-20(3)4)12-18-16(17)19-14-8-6-13(2)7-9-14;/h6-9,15H,5,10-12H2,1-4H3,(H3,17,18,19);1H. The van der Waals surface area contributed by atoms with E-state index in [2.05, 4.69) is 36.2 Å². The highest BCUT2D eigenvalue weighted by molar-refractivity contribution is 14.0. The molecule has 3 N–H and O–H groups in total. The molecule has 5 nitrogen and oxygen atoms in total. The molecule has 0 saturated heterocycles. The predicted octanol–water partition coefficient (Wildman–Crippen LogP) is 2.70. The fourth-order valence-electron chi connectivity index (χ4n) is 1.89. The molecule has 0 aromatic heterocycles. The van der Waals surface area contributed by atoms with Crippen LogP contribution >= 0.6 is 24.0 Å². The van der Waals surface area contributed by atoms with Crippen LogP contribution in [0.4, 0.5) is 5.69 Å². The maximum Gasteiger partial charge on any atom is 0.193 e. The second-order valence-corrected chi connectivity index (χ2v) is 5.39. The number of halogens is 1. The first-order valence-electron chi connectivity index (χ1n) is 7.41. The number of nitrogens with zero attached hydrogens (tertiary/aromatic N) is 2. The van der Waals surface area contributed by atoms with E-state index in [9.17, 15) is 0 Å². The number of ether oxygens (including phenoxy) is 1. The van der Waals surface area contributed by atoms with Crippen LogP contribution < -0.4 is 11.1 Å². The van der Waals surface area contributed by atoms with Gasteiger partial charge in [-0.2, -0.15) is 0 Å². The Morgan fingerprint density at radius 3 is 2.50 bits per heavy atom. The maximum atomic E-state index is 5.92. The summed E-state index contributed by atoms with van der Waals surface area (Å²) in [6.07, 6.45) is 1.05. The monoisotopic (exact) mass is 420 g/mol. The van der Waals surface area contributed by atoms with Gasteiger partial charge >= 0.3 is 0 Å². The average Bonchev–Trinajstić information content (AvgIpc) is 2.44. The normalized spacial score (nSPS) is 12.9. The van der Waals surface area contributed by atoms with Crippen molar-refractivity contribution in [1.82, 2.24) is 4.90 Å². The highest BCUT2D eigenvalue weighted by Crippen LogP contribution is 2.08. The van der Waals surface area contributed by atoms with Gasteiger partial charge in [0.25, 0.3) is 0 Å². The van der Waals surface area contributed by atoms with E-state index in [1.54, 1.807) is 0 Å². The summed E-state index contributed by atoms with van der Waals surface area (Å²) in [6, 6.07) is 8.05. The van der Waals surface area contributed by atoms with Gasteiger partial charge in [-0.3, -0.25) is 4.99 Å². The van der Waals surface area contributed by atoms with E-state index < -0.39 is 0 Å². The van der Waals surface area contributed by atoms with E-state index in [0.29, 0.717) is 19.1 Å². The number of rotatable bonds is 8. The lowest BCUT2D eigenvalue weighted by molar-refractivity contribution is 0.0583. The molecule has 1 rings (SSSR count). The lowest BCUT2D eigenvalue weighted by Crippen LogP contribution is -2.28. The second kappa shape index (κ2) is 11.7. The zero-order chi connectivity index (χ0) is 15.7. The Bertz CT molecular complexity index is 434. The van der Waals surface area contributed by atoms with Gasteiger partial charge in [-0.1, -0.05) is 17.7 Å². The molecule has 22 heavy (non-hydrogen) atoms. The quantitative estimate of drug-likeness (QED) is 0.386. The molecule has 0 heterocycles. The number of anilines is 1. The van der Waals surface area contributed by atoms with Crippen LogP contribution in [0.1, 0.15) is 18.9 Å². The Labute approximate surface area is 151 Å².